The van der Waals surface area contributed by atoms with Gasteiger partial charge in [-0.05, 0) is 18.6 Å². The summed E-state index contributed by atoms with van der Waals surface area (Å²) in [7, 11) is 3.54. The molecule has 5 heteroatoms. The van der Waals surface area contributed by atoms with Crippen molar-refractivity contribution in [1.82, 2.24) is 14.7 Å². The van der Waals surface area contributed by atoms with Gasteiger partial charge in [0.1, 0.15) is 5.75 Å². The third-order valence-corrected chi connectivity index (χ3v) is 2.99. The number of aromatic hydroxyl groups is 1. The van der Waals surface area contributed by atoms with Gasteiger partial charge in [0, 0.05) is 32.4 Å². The van der Waals surface area contributed by atoms with Crippen molar-refractivity contribution in [1.29, 1.82) is 0 Å². The predicted molar refractivity (Wildman–Crippen MR) is 71.8 cm³/mol. The van der Waals surface area contributed by atoms with Crippen LogP contribution in [0.2, 0.25) is 0 Å². The van der Waals surface area contributed by atoms with Gasteiger partial charge < -0.3 is 10.0 Å². The van der Waals surface area contributed by atoms with Crippen LogP contribution in [0.25, 0.3) is 0 Å². The molecule has 0 aliphatic carbocycles. The lowest BCUT2D eigenvalue weighted by molar-refractivity contribution is 0.0782. The highest BCUT2D eigenvalue weighted by atomic mass is 16.3. The van der Waals surface area contributed by atoms with Gasteiger partial charge in [0.2, 0.25) is 0 Å². The Morgan fingerprint density at radius 3 is 2.84 bits per heavy atom. The monoisotopic (exact) mass is 259 g/mol. The molecule has 0 spiro atoms. The normalized spacial score (nSPS) is 10.5. The Hall–Kier alpha value is -2.30. The molecule has 100 valence electrons. The quantitative estimate of drug-likeness (QED) is 0.912. The maximum atomic E-state index is 12.3. The number of para-hydroxylation sites is 1. The van der Waals surface area contributed by atoms with Crippen LogP contribution in [0.3, 0.4) is 0 Å². The van der Waals surface area contributed by atoms with Gasteiger partial charge >= 0.3 is 0 Å². The number of aromatic nitrogens is 2. The molecular formula is C14H17N3O2. The Morgan fingerprint density at radius 1 is 1.47 bits per heavy atom. The predicted octanol–water partition coefficient (Wildman–Crippen LogP) is 1.71. The number of carbonyl (C=O) groups is 1. The number of nitrogens with zero attached hydrogens (tertiary/aromatic N) is 3. The molecular weight excluding hydrogens is 242 g/mol. The van der Waals surface area contributed by atoms with Crippen molar-refractivity contribution in [3.05, 3.63) is 47.3 Å². The Bertz CT molecular complexity index is 604. The molecule has 0 fully saturated rings. The second-order valence-electron chi connectivity index (χ2n) is 4.65. The summed E-state index contributed by atoms with van der Waals surface area (Å²) in [6, 6.07) is 5.16. The molecule has 1 heterocycles. The van der Waals surface area contributed by atoms with Crippen molar-refractivity contribution in [2.24, 2.45) is 7.05 Å². The zero-order valence-corrected chi connectivity index (χ0v) is 11.3. The second-order valence-corrected chi connectivity index (χ2v) is 4.65. The van der Waals surface area contributed by atoms with E-state index in [2.05, 4.69) is 5.10 Å². The maximum absolute atomic E-state index is 12.3. The van der Waals surface area contributed by atoms with Crippen LogP contribution in [0, 0.1) is 6.92 Å². The van der Waals surface area contributed by atoms with Crippen molar-refractivity contribution >= 4 is 5.91 Å². The van der Waals surface area contributed by atoms with Gasteiger partial charge in [-0.1, -0.05) is 12.1 Å². The largest absolute Gasteiger partial charge is 0.507 e. The molecule has 0 saturated heterocycles. The van der Waals surface area contributed by atoms with E-state index in [9.17, 15) is 9.90 Å². The standard InChI is InChI=1S/C14H17N3O2/c1-10-5-4-6-12(13(10)18)14(19)16(2)8-11-7-15-17(3)9-11/h4-7,9,18H,8H2,1-3H3. The molecule has 0 aliphatic heterocycles. The first kappa shape index (κ1) is 13.1. The SMILES string of the molecule is Cc1cccc(C(=O)N(C)Cc2cnn(C)c2)c1O. The van der Waals surface area contributed by atoms with E-state index in [1.165, 1.54) is 0 Å². The highest BCUT2D eigenvalue weighted by Gasteiger charge is 2.17. The van der Waals surface area contributed by atoms with Crippen molar-refractivity contribution in [2.75, 3.05) is 7.05 Å². The minimum atomic E-state index is -0.204. The fraction of sp³-hybridized carbons (Fsp3) is 0.286. The molecule has 1 aromatic heterocycles. The van der Waals surface area contributed by atoms with Crippen LogP contribution < -0.4 is 0 Å². The number of hydrogen-bond acceptors (Lipinski definition) is 3. The minimum absolute atomic E-state index is 0.0468. The number of hydrogen-bond donors (Lipinski definition) is 1. The summed E-state index contributed by atoms with van der Waals surface area (Å²) >= 11 is 0. The molecule has 2 rings (SSSR count). The highest BCUT2D eigenvalue weighted by Crippen LogP contribution is 2.23. The summed E-state index contributed by atoms with van der Waals surface area (Å²) in [6.07, 6.45) is 3.58. The first-order chi connectivity index (χ1) is 8.99. The molecule has 1 amide bonds. The Morgan fingerprint density at radius 2 is 2.21 bits per heavy atom. The number of phenolic OH excluding ortho intramolecular Hbond substituents is 1. The molecule has 19 heavy (non-hydrogen) atoms. The van der Waals surface area contributed by atoms with Gasteiger partial charge in [-0.3, -0.25) is 9.48 Å². The van der Waals surface area contributed by atoms with E-state index < -0.39 is 0 Å². The van der Waals surface area contributed by atoms with Crippen molar-refractivity contribution in [3.8, 4) is 5.75 Å². The zero-order valence-electron chi connectivity index (χ0n) is 11.3. The molecule has 0 bridgehead atoms. The number of carbonyl (C=O) groups excluding carboxylic acids is 1. The number of amides is 1. The van der Waals surface area contributed by atoms with Crippen LogP contribution in [-0.2, 0) is 13.6 Å². The van der Waals surface area contributed by atoms with Gasteiger partial charge in [0.25, 0.3) is 5.91 Å². The number of rotatable bonds is 3. The van der Waals surface area contributed by atoms with Crippen LogP contribution >= 0.6 is 0 Å². The summed E-state index contributed by atoms with van der Waals surface area (Å²) in [5.74, 6) is -0.157. The van der Waals surface area contributed by atoms with Gasteiger partial charge in [-0.2, -0.15) is 5.10 Å². The molecule has 0 aliphatic rings. The lowest BCUT2D eigenvalue weighted by atomic mass is 10.1. The van der Waals surface area contributed by atoms with Crippen molar-refractivity contribution < 1.29 is 9.90 Å². The van der Waals surface area contributed by atoms with Crippen molar-refractivity contribution in [2.45, 2.75) is 13.5 Å². The van der Waals surface area contributed by atoms with E-state index in [-0.39, 0.29) is 11.7 Å². The maximum Gasteiger partial charge on any atom is 0.257 e. The van der Waals surface area contributed by atoms with Gasteiger partial charge in [0.05, 0.1) is 11.8 Å². The smallest absolute Gasteiger partial charge is 0.257 e. The number of benzene rings is 1. The molecule has 0 unspecified atom stereocenters. The summed E-state index contributed by atoms with van der Waals surface area (Å²) in [5.41, 5.74) is 1.97. The zero-order chi connectivity index (χ0) is 14.0. The molecule has 2 aromatic rings. The number of aryl methyl sites for hydroxylation is 2. The summed E-state index contributed by atoms with van der Waals surface area (Å²) in [6.45, 7) is 2.23. The van der Waals surface area contributed by atoms with Crippen LogP contribution in [0.5, 0.6) is 5.75 Å². The van der Waals surface area contributed by atoms with E-state index in [1.807, 2.05) is 13.2 Å². The van der Waals surface area contributed by atoms with Crippen LogP contribution in [0.15, 0.2) is 30.6 Å². The Kier molecular flexibility index (Phi) is 3.55. The fourth-order valence-corrected chi connectivity index (χ4v) is 1.94. The van der Waals surface area contributed by atoms with Crippen molar-refractivity contribution in [3.63, 3.8) is 0 Å². The third-order valence-electron chi connectivity index (χ3n) is 2.99. The van der Waals surface area contributed by atoms with E-state index >= 15 is 0 Å². The first-order valence-corrected chi connectivity index (χ1v) is 6.00. The lowest BCUT2D eigenvalue weighted by Gasteiger charge is -2.17. The van der Waals surface area contributed by atoms with Gasteiger partial charge in [0.15, 0.2) is 0 Å². The molecule has 0 radical (unpaired) electrons. The Balaban J connectivity index is 2.17. The Labute approximate surface area is 112 Å². The molecule has 1 aromatic carbocycles. The fourth-order valence-electron chi connectivity index (χ4n) is 1.94. The summed E-state index contributed by atoms with van der Waals surface area (Å²) in [5, 5.41) is 14.0. The lowest BCUT2D eigenvalue weighted by Crippen LogP contribution is -2.26. The topological polar surface area (TPSA) is 58.4 Å². The molecule has 5 nitrogen and oxygen atoms in total. The average molecular weight is 259 g/mol. The highest BCUT2D eigenvalue weighted by molar-refractivity contribution is 5.97. The average Bonchev–Trinajstić information content (AvgIpc) is 2.77. The molecule has 0 atom stereocenters. The van der Waals surface area contributed by atoms with Gasteiger partial charge in [-0.15, -0.1) is 0 Å². The van der Waals surface area contributed by atoms with E-state index in [0.717, 1.165) is 5.56 Å². The van der Waals surface area contributed by atoms with E-state index in [4.69, 9.17) is 0 Å². The van der Waals surface area contributed by atoms with E-state index in [1.54, 1.807) is 47.9 Å². The van der Waals surface area contributed by atoms with Crippen LogP contribution in [0.1, 0.15) is 21.5 Å². The molecule has 1 N–H and O–H groups in total. The van der Waals surface area contributed by atoms with Gasteiger partial charge in [-0.25, -0.2) is 0 Å². The number of phenols is 1. The van der Waals surface area contributed by atoms with E-state index in [0.29, 0.717) is 17.7 Å². The summed E-state index contributed by atoms with van der Waals surface area (Å²) in [4.78, 5) is 13.8. The minimum Gasteiger partial charge on any atom is -0.507 e. The second kappa shape index (κ2) is 5.14. The third kappa shape index (κ3) is 2.76. The summed E-state index contributed by atoms with van der Waals surface area (Å²) < 4.78 is 1.69. The molecule has 0 saturated carbocycles. The van der Waals surface area contributed by atoms with Crippen LogP contribution in [-0.4, -0.2) is 32.7 Å². The first-order valence-electron chi connectivity index (χ1n) is 6.00. The van der Waals surface area contributed by atoms with Crippen LogP contribution in [0.4, 0.5) is 0 Å².